The van der Waals surface area contributed by atoms with Crippen LogP contribution in [0.15, 0.2) is 48.5 Å². The van der Waals surface area contributed by atoms with Crippen LogP contribution in [0, 0.1) is 22.7 Å². The number of amides is 1. The summed E-state index contributed by atoms with van der Waals surface area (Å²) in [5, 5.41) is 20.2. The van der Waals surface area contributed by atoms with Crippen molar-refractivity contribution in [2.45, 2.75) is 0 Å². The number of hydrogen-bond donors (Lipinski definition) is 1. The molecule has 6 heteroatoms. The summed E-state index contributed by atoms with van der Waals surface area (Å²) in [4.78, 5) is 11.6. The summed E-state index contributed by atoms with van der Waals surface area (Å²) in [6, 6.07) is 17.9. The van der Waals surface area contributed by atoms with E-state index in [2.05, 4.69) is 11.4 Å². The highest BCUT2D eigenvalue weighted by Crippen LogP contribution is 2.25. The highest BCUT2D eigenvalue weighted by molar-refractivity contribution is 8.00. The number of carbonyl (C=O) groups excluding carboxylic acids is 1. The van der Waals surface area contributed by atoms with Gasteiger partial charge >= 0.3 is 0 Å². The molecule has 0 saturated heterocycles. The van der Waals surface area contributed by atoms with Crippen molar-refractivity contribution in [3.63, 3.8) is 0 Å². The Labute approximate surface area is 138 Å². The molecule has 0 heterocycles. The van der Waals surface area contributed by atoms with Crippen LogP contribution >= 0.6 is 11.8 Å². The molecule has 23 heavy (non-hydrogen) atoms. The van der Waals surface area contributed by atoms with Crippen LogP contribution < -0.4 is 10.1 Å². The van der Waals surface area contributed by atoms with Crippen molar-refractivity contribution in [3.8, 4) is 23.6 Å². The molecule has 2 aromatic carbocycles. The van der Waals surface area contributed by atoms with Crippen LogP contribution in [0.4, 0.5) is 5.69 Å². The monoisotopic (exact) mass is 323 g/mol. The van der Waals surface area contributed by atoms with E-state index in [0.29, 0.717) is 28.5 Å². The molecule has 2 rings (SSSR count). The van der Waals surface area contributed by atoms with Crippen LogP contribution in [0.2, 0.25) is 0 Å². The highest BCUT2D eigenvalue weighted by atomic mass is 32.2. The summed E-state index contributed by atoms with van der Waals surface area (Å²) in [5.74, 6) is 1.43. The number of nitriles is 2. The lowest BCUT2D eigenvalue weighted by molar-refractivity contribution is -0.113. The Morgan fingerprint density at radius 1 is 1.13 bits per heavy atom. The van der Waals surface area contributed by atoms with E-state index in [1.807, 2.05) is 6.07 Å². The van der Waals surface area contributed by atoms with Gasteiger partial charge in [-0.3, -0.25) is 4.79 Å². The number of nitrogens with one attached hydrogen (secondary N) is 1. The standard InChI is InChI=1S/C17H13N3O2S/c18-9-10-23-12-17(21)20-14-5-7-15(8-6-14)22-16-4-2-1-3-13(16)11-19/h1-8H,10,12H2,(H,20,21). The normalized spacial score (nSPS) is 9.48. The van der Waals surface area contributed by atoms with E-state index < -0.39 is 0 Å². The molecule has 5 nitrogen and oxygen atoms in total. The summed E-state index contributed by atoms with van der Waals surface area (Å²) < 4.78 is 5.66. The lowest BCUT2D eigenvalue weighted by atomic mass is 10.2. The molecule has 0 spiro atoms. The minimum Gasteiger partial charge on any atom is -0.456 e. The Bertz CT molecular complexity index is 761. The summed E-state index contributed by atoms with van der Waals surface area (Å²) in [6.07, 6.45) is 0. The van der Waals surface area contributed by atoms with Crippen molar-refractivity contribution in [3.05, 3.63) is 54.1 Å². The molecule has 0 saturated carbocycles. The Hall–Kier alpha value is -2.96. The number of benzene rings is 2. The summed E-state index contributed by atoms with van der Waals surface area (Å²) in [5.41, 5.74) is 1.10. The molecule has 0 aromatic heterocycles. The van der Waals surface area contributed by atoms with Crippen LogP contribution in [0.1, 0.15) is 5.56 Å². The summed E-state index contributed by atoms with van der Waals surface area (Å²) in [6.45, 7) is 0. The predicted molar refractivity (Wildman–Crippen MR) is 89.2 cm³/mol. The average Bonchev–Trinajstić information content (AvgIpc) is 2.57. The maximum absolute atomic E-state index is 11.6. The second kappa shape index (κ2) is 8.47. The van der Waals surface area contributed by atoms with E-state index in [0.717, 1.165) is 0 Å². The minimum atomic E-state index is -0.159. The summed E-state index contributed by atoms with van der Waals surface area (Å²) in [7, 11) is 0. The van der Waals surface area contributed by atoms with Crippen LogP contribution in [-0.4, -0.2) is 17.4 Å². The van der Waals surface area contributed by atoms with Gasteiger partial charge in [-0.25, -0.2) is 0 Å². The SMILES string of the molecule is N#CCSCC(=O)Nc1ccc(Oc2ccccc2C#N)cc1. The Balaban J connectivity index is 1.96. The van der Waals surface area contributed by atoms with Crippen molar-refractivity contribution in [1.82, 2.24) is 0 Å². The molecular formula is C17H13N3O2S. The van der Waals surface area contributed by atoms with Crippen molar-refractivity contribution in [2.75, 3.05) is 16.8 Å². The van der Waals surface area contributed by atoms with Crippen LogP contribution in [-0.2, 0) is 4.79 Å². The molecule has 0 bridgehead atoms. The fraction of sp³-hybridized carbons (Fsp3) is 0.118. The second-order valence-electron chi connectivity index (χ2n) is 4.43. The lowest BCUT2D eigenvalue weighted by Crippen LogP contribution is -2.14. The first-order valence-corrected chi connectivity index (χ1v) is 7.90. The second-order valence-corrected chi connectivity index (χ2v) is 5.42. The first kappa shape index (κ1) is 16.4. The maximum atomic E-state index is 11.6. The largest absolute Gasteiger partial charge is 0.456 e. The zero-order valence-corrected chi connectivity index (χ0v) is 13.0. The first-order chi connectivity index (χ1) is 11.2. The van der Waals surface area contributed by atoms with E-state index in [-0.39, 0.29) is 11.7 Å². The fourth-order valence-electron chi connectivity index (χ4n) is 1.77. The van der Waals surface area contributed by atoms with Gasteiger partial charge in [0.25, 0.3) is 0 Å². The van der Waals surface area contributed by atoms with Gasteiger partial charge in [0.2, 0.25) is 5.91 Å². The number of rotatable bonds is 6. The quantitative estimate of drug-likeness (QED) is 0.822. The molecule has 1 amide bonds. The van der Waals surface area contributed by atoms with Gasteiger partial charge in [-0.05, 0) is 36.4 Å². The number of thioether (sulfide) groups is 1. The Kier molecular flexibility index (Phi) is 6.05. The highest BCUT2D eigenvalue weighted by Gasteiger charge is 2.05. The van der Waals surface area contributed by atoms with Gasteiger partial charge in [0.15, 0.2) is 0 Å². The zero-order valence-electron chi connectivity index (χ0n) is 12.2. The topological polar surface area (TPSA) is 85.9 Å². The van der Waals surface area contributed by atoms with Crippen LogP contribution in [0.25, 0.3) is 0 Å². The van der Waals surface area contributed by atoms with Gasteiger partial charge in [0.1, 0.15) is 17.6 Å². The number of nitrogens with zero attached hydrogens (tertiary/aromatic N) is 2. The van der Waals surface area contributed by atoms with Crippen molar-refractivity contribution in [1.29, 1.82) is 10.5 Å². The third-order valence-electron chi connectivity index (χ3n) is 2.77. The molecular weight excluding hydrogens is 310 g/mol. The molecule has 0 unspecified atom stereocenters. The number of carbonyl (C=O) groups is 1. The molecule has 0 aliphatic heterocycles. The van der Waals surface area contributed by atoms with Crippen molar-refractivity contribution >= 4 is 23.4 Å². The van der Waals surface area contributed by atoms with Gasteiger partial charge in [-0.2, -0.15) is 10.5 Å². The first-order valence-electron chi connectivity index (χ1n) is 6.74. The zero-order chi connectivity index (χ0) is 16.5. The van der Waals surface area contributed by atoms with Crippen LogP contribution in [0.5, 0.6) is 11.5 Å². The van der Waals surface area contributed by atoms with E-state index in [9.17, 15) is 4.79 Å². The van der Waals surface area contributed by atoms with Crippen molar-refractivity contribution < 1.29 is 9.53 Å². The molecule has 114 valence electrons. The van der Waals surface area contributed by atoms with Gasteiger partial charge in [0, 0.05) is 5.69 Å². The van der Waals surface area contributed by atoms with Gasteiger partial charge in [0.05, 0.1) is 23.1 Å². The average molecular weight is 323 g/mol. The number of hydrogen-bond acceptors (Lipinski definition) is 5. The molecule has 0 radical (unpaired) electrons. The molecule has 2 aromatic rings. The molecule has 0 fully saturated rings. The maximum Gasteiger partial charge on any atom is 0.234 e. The lowest BCUT2D eigenvalue weighted by Gasteiger charge is -2.08. The van der Waals surface area contributed by atoms with Crippen LogP contribution in [0.3, 0.4) is 0 Å². The third-order valence-corrected chi connectivity index (χ3v) is 3.57. The summed E-state index contributed by atoms with van der Waals surface area (Å²) >= 11 is 1.26. The number of ether oxygens (including phenoxy) is 1. The van der Waals surface area contributed by atoms with Gasteiger partial charge in [-0.1, -0.05) is 12.1 Å². The van der Waals surface area contributed by atoms with Gasteiger partial charge in [-0.15, -0.1) is 11.8 Å². The fourth-order valence-corrected chi connectivity index (χ4v) is 2.22. The minimum absolute atomic E-state index is 0.159. The predicted octanol–water partition coefficient (Wildman–Crippen LogP) is 3.55. The molecule has 1 N–H and O–H groups in total. The molecule has 0 aliphatic carbocycles. The third kappa shape index (κ3) is 5.06. The van der Waals surface area contributed by atoms with Crippen molar-refractivity contribution in [2.24, 2.45) is 0 Å². The number of anilines is 1. The van der Waals surface area contributed by atoms with E-state index in [1.165, 1.54) is 11.8 Å². The van der Waals surface area contributed by atoms with Gasteiger partial charge < -0.3 is 10.1 Å². The molecule has 0 aliphatic rings. The Morgan fingerprint density at radius 3 is 2.57 bits per heavy atom. The van der Waals surface area contributed by atoms with E-state index in [1.54, 1.807) is 48.5 Å². The van der Waals surface area contributed by atoms with E-state index in [4.69, 9.17) is 15.3 Å². The smallest absolute Gasteiger partial charge is 0.234 e. The Morgan fingerprint density at radius 2 is 1.87 bits per heavy atom. The number of para-hydroxylation sites is 1. The molecule has 0 atom stereocenters. The van der Waals surface area contributed by atoms with E-state index >= 15 is 0 Å².